The smallest absolute Gasteiger partial charge is 0.185 e. The van der Waals surface area contributed by atoms with Gasteiger partial charge in [0.25, 0.3) is 0 Å². The van der Waals surface area contributed by atoms with Crippen LogP contribution >= 0.6 is 0 Å². The molecule has 0 bridgehead atoms. The summed E-state index contributed by atoms with van der Waals surface area (Å²) in [6.45, 7) is 5.90. The molecule has 0 saturated carbocycles. The summed E-state index contributed by atoms with van der Waals surface area (Å²) in [4.78, 5) is 11.6. The van der Waals surface area contributed by atoms with E-state index in [0.29, 0.717) is 42.7 Å². The van der Waals surface area contributed by atoms with Gasteiger partial charge in [-0.1, -0.05) is 29.5 Å². The molecule has 13 nitrogen and oxygen atoms in total. The molecule has 1 aliphatic rings. The number of imidazole rings is 1. The average Bonchev–Trinajstić information content (AvgIpc) is 3.90. The van der Waals surface area contributed by atoms with E-state index in [1.807, 2.05) is 66.5 Å². The van der Waals surface area contributed by atoms with Crippen molar-refractivity contribution in [2.45, 2.75) is 32.7 Å². The number of hydrogen-bond donors (Lipinski definition) is 1. The predicted octanol–water partition coefficient (Wildman–Crippen LogP) is 6.07. The minimum Gasteiger partial charge on any atom is -0.497 e. The number of hydrogen-bond acceptors (Lipinski definition) is 11. The topological polar surface area (TPSA) is 126 Å². The molecule has 1 aliphatic heterocycles. The average molecular weight is 648 g/mol. The Balaban J connectivity index is 1.27. The van der Waals surface area contributed by atoms with E-state index >= 15 is 0 Å². The van der Waals surface area contributed by atoms with Crippen LogP contribution in [0.25, 0.3) is 28.3 Å². The van der Waals surface area contributed by atoms with E-state index in [9.17, 15) is 0 Å². The van der Waals surface area contributed by atoms with Crippen LogP contribution in [0.2, 0.25) is 0 Å². The number of rotatable bonds is 11. The highest BCUT2D eigenvalue weighted by molar-refractivity contribution is 5.81. The first kappa shape index (κ1) is 31.1. The van der Waals surface area contributed by atoms with Gasteiger partial charge in [-0.05, 0) is 49.7 Å². The van der Waals surface area contributed by atoms with E-state index in [1.165, 1.54) is 0 Å². The lowest BCUT2D eigenvalue weighted by molar-refractivity contribution is -0.0443. The van der Waals surface area contributed by atoms with Crippen LogP contribution < -0.4 is 19.7 Å². The summed E-state index contributed by atoms with van der Waals surface area (Å²) < 4.78 is 26.2. The number of benzene rings is 2. The molecule has 246 valence electrons. The van der Waals surface area contributed by atoms with E-state index in [0.717, 1.165) is 45.2 Å². The van der Waals surface area contributed by atoms with E-state index in [1.54, 1.807) is 31.1 Å². The van der Waals surface area contributed by atoms with E-state index in [4.69, 9.17) is 34.0 Å². The van der Waals surface area contributed by atoms with Gasteiger partial charge in [0, 0.05) is 43.0 Å². The highest BCUT2D eigenvalue weighted by atomic mass is 16.7. The molecule has 5 heterocycles. The normalized spacial score (nSPS) is 13.4. The van der Waals surface area contributed by atoms with Gasteiger partial charge >= 0.3 is 0 Å². The summed E-state index contributed by atoms with van der Waals surface area (Å²) in [6, 6.07) is 20.0. The second-order valence-corrected chi connectivity index (χ2v) is 11.7. The van der Waals surface area contributed by atoms with Crippen molar-refractivity contribution in [3.63, 3.8) is 0 Å². The summed E-state index contributed by atoms with van der Waals surface area (Å²) in [6.07, 6.45) is 5.08. The van der Waals surface area contributed by atoms with Gasteiger partial charge in [-0.2, -0.15) is 0 Å². The number of pyridine rings is 1. The van der Waals surface area contributed by atoms with Gasteiger partial charge in [0.05, 0.1) is 56.9 Å². The molecule has 4 aromatic heterocycles. The van der Waals surface area contributed by atoms with Crippen molar-refractivity contribution in [1.29, 1.82) is 0 Å². The highest BCUT2D eigenvalue weighted by Gasteiger charge is 2.21. The second kappa shape index (κ2) is 13.3. The Morgan fingerprint density at radius 1 is 0.958 bits per heavy atom. The fourth-order valence-electron chi connectivity index (χ4n) is 5.66. The summed E-state index contributed by atoms with van der Waals surface area (Å²) in [5, 5.41) is 17.2. The Labute approximate surface area is 278 Å². The van der Waals surface area contributed by atoms with Crippen molar-refractivity contribution in [2.24, 2.45) is 0 Å². The van der Waals surface area contributed by atoms with Crippen LogP contribution in [0.5, 0.6) is 11.5 Å². The van der Waals surface area contributed by atoms with Crippen molar-refractivity contribution in [2.75, 3.05) is 44.7 Å². The molecular formula is C35H37N9O4. The van der Waals surface area contributed by atoms with Crippen LogP contribution in [-0.2, 0) is 16.0 Å². The molecular weight excluding hydrogens is 610 g/mol. The fourth-order valence-corrected chi connectivity index (χ4v) is 5.66. The lowest BCUT2D eigenvalue weighted by atomic mass is 10.1. The van der Waals surface area contributed by atoms with Crippen LogP contribution in [0.1, 0.15) is 37.3 Å². The third-order valence-corrected chi connectivity index (χ3v) is 8.18. The van der Waals surface area contributed by atoms with Gasteiger partial charge in [0.15, 0.2) is 23.5 Å². The molecule has 0 radical (unpaired) electrons. The SMILES string of the molecule is COc1ccc(CN(C)c2cc(Nc3cccc(-c4ccc(C5OCCO5)cn4)c3OC)nn3c(-c4cn(C(C)C)nn4)cnc23)cc1. The zero-order valence-electron chi connectivity index (χ0n) is 27.5. The lowest BCUT2D eigenvalue weighted by Crippen LogP contribution is -2.18. The number of ether oxygens (including phenoxy) is 4. The van der Waals surface area contributed by atoms with E-state index < -0.39 is 0 Å². The van der Waals surface area contributed by atoms with Crippen molar-refractivity contribution in [3.8, 4) is 34.1 Å². The maximum Gasteiger partial charge on any atom is 0.185 e. The fraction of sp³-hybridized carbons (Fsp3) is 0.286. The third kappa shape index (κ3) is 6.12. The summed E-state index contributed by atoms with van der Waals surface area (Å²) in [5.41, 5.74) is 7.25. The van der Waals surface area contributed by atoms with Gasteiger partial charge in [0.2, 0.25) is 0 Å². The first-order valence-corrected chi connectivity index (χ1v) is 15.7. The van der Waals surface area contributed by atoms with Crippen LogP contribution in [0, 0.1) is 0 Å². The summed E-state index contributed by atoms with van der Waals surface area (Å²) in [7, 11) is 5.35. The number of para-hydroxylation sites is 1. The highest BCUT2D eigenvalue weighted by Crippen LogP contribution is 2.38. The molecule has 6 aromatic rings. The number of nitrogens with one attached hydrogen (secondary N) is 1. The van der Waals surface area contributed by atoms with Gasteiger partial charge in [-0.25, -0.2) is 14.2 Å². The van der Waals surface area contributed by atoms with Crippen LogP contribution in [0.3, 0.4) is 0 Å². The molecule has 0 atom stereocenters. The molecule has 0 aliphatic carbocycles. The molecule has 7 rings (SSSR count). The lowest BCUT2D eigenvalue weighted by Gasteiger charge is -2.22. The van der Waals surface area contributed by atoms with E-state index in [2.05, 4.69) is 46.5 Å². The minimum atomic E-state index is -0.387. The predicted molar refractivity (Wildman–Crippen MR) is 182 cm³/mol. The van der Waals surface area contributed by atoms with Crippen molar-refractivity contribution in [3.05, 3.63) is 90.4 Å². The molecule has 0 spiro atoms. The summed E-state index contributed by atoms with van der Waals surface area (Å²) in [5.74, 6) is 2.03. The number of aromatic nitrogens is 7. The van der Waals surface area contributed by atoms with Crippen LogP contribution in [-0.4, -0.2) is 69.1 Å². The largest absolute Gasteiger partial charge is 0.497 e. The first-order valence-electron chi connectivity index (χ1n) is 15.7. The minimum absolute atomic E-state index is 0.164. The Kier molecular flexibility index (Phi) is 8.61. The number of nitrogens with zero attached hydrogens (tertiary/aromatic N) is 8. The molecule has 13 heteroatoms. The zero-order chi connectivity index (χ0) is 33.2. The van der Waals surface area contributed by atoms with E-state index in [-0.39, 0.29) is 12.3 Å². The third-order valence-electron chi connectivity index (χ3n) is 8.18. The molecule has 1 saturated heterocycles. The molecule has 0 unspecified atom stereocenters. The first-order chi connectivity index (χ1) is 23.4. The molecule has 48 heavy (non-hydrogen) atoms. The maximum absolute atomic E-state index is 5.96. The Morgan fingerprint density at radius 2 is 1.77 bits per heavy atom. The number of fused-ring (bicyclic) bond motifs is 1. The van der Waals surface area contributed by atoms with Crippen molar-refractivity contribution >= 4 is 22.8 Å². The standard InChI is InChI=1S/C35H37N9O4/c1-22(2)43-21-29(39-41-43)31-19-37-34-30(42(3)20-23-9-12-25(45-4)13-10-23)17-32(40-44(31)34)38-28-8-6-7-26(33(28)46-5)27-14-11-24(18-36-27)35-47-15-16-48-35/h6-14,17-19,21-22,35H,15-16,20H2,1-5H3,(H,38,40). The van der Waals surface area contributed by atoms with Crippen LogP contribution in [0.15, 0.2) is 79.3 Å². The van der Waals surface area contributed by atoms with Gasteiger partial charge in [-0.3, -0.25) is 4.98 Å². The quantitative estimate of drug-likeness (QED) is 0.176. The summed E-state index contributed by atoms with van der Waals surface area (Å²) >= 11 is 0. The number of methoxy groups -OCH3 is 2. The van der Waals surface area contributed by atoms with Crippen LogP contribution in [0.4, 0.5) is 17.2 Å². The Bertz CT molecular complexity index is 2020. The Morgan fingerprint density at radius 3 is 2.46 bits per heavy atom. The van der Waals surface area contributed by atoms with Gasteiger partial charge in [-0.15, -0.1) is 10.2 Å². The maximum atomic E-state index is 5.96. The monoisotopic (exact) mass is 647 g/mol. The molecule has 1 fully saturated rings. The molecule has 2 aromatic carbocycles. The molecule has 1 N–H and O–H groups in total. The van der Waals surface area contributed by atoms with Crippen molar-refractivity contribution in [1.82, 2.24) is 34.6 Å². The number of anilines is 3. The second-order valence-electron chi connectivity index (χ2n) is 11.7. The zero-order valence-corrected chi connectivity index (χ0v) is 27.5. The Hall–Kier alpha value is -5.53. The van der Waals surface area contributed by atoms with Crippen molar-refractivity contribution < 1.29 is 18.9 Å². The van der Waals surface area contributed by atoms with Gasteiger partial charge in [0.1, 0.15) is 17.1 Å². The molecule has 0 amide bonds. The van der Waals surface area contributed by atoms with Gasteiger partial charge < -0.3 is 29.2 Å².